The van der Waals surface area contributed by atoms with E-state index >= 15 is 0 Å². The Balaban J connectivity index is 1.84. The molecule has 0 aromatic rings. The van der Waals surface area contributed by atoms with Crippen LogP contribution in [0.4, 0.5) is 0 Å². The molecule has 9 nitrogen and oxygen atoms in total. The number of aliphatic hydroxyl groups excluding tert-OH is 2. The first-order valence-electron chi connectivity index (χ1n) is 11.7. The summed E-state index contributed by atoms with van der Waals surface area (Å²) < 4.78 is 14.8. The zero-order valence-corrected chi connectivity index (χ0v) is 23.8. The van der Waals surface area contributed by atoms with E-state index in [0.29, 0.717) is 11.5 Å². The number of fused-ring (bicyclic) bond motifs is 1. The quantitative estimate of drug-likeness (QED) is 0.500. The Labute approximate surface area is 200 Å². The number of hydrogen-bond acceptors (Lipinski definition) is 9. The predicted molar refractivity (Wildman–Crippen MR) is 137 cm³/mol. The van der Waals surface area contributed by atoms with E-state index in [9.17, 15) is 10.2 Å². The Kier molecular flexibility index (Phi) is 6.75. The van der Waals surface area contributed by atoms with E-state index in [1.165, 1.54) is 0 Å². The second-order valence-corrected chi connectivity index (χ2v) is 22.4. The van der Waals surface area contributed by atoms with Gasteiger partial charge in [0.15, 0.2) is 28.6 Å². The van der Waals surface area contributed by atoms with Crippen LogP contribution in [-0.2, 0) is 9.16 Å². The molecular weight excluding hydrogens is 454 g/mol. The molecule has 1 fully saturated rings. The van der Waals surface area contributed by atoms with Gasteiger partial charge in [-0.3, -0.25) is 0 Å². The molecule has 0 bridgehead atoms. The number of aliphatic imine (C=N–C) groups is 2. The molecule has 0 saturated carbocycles. The fourth-order valence-corrected chi connectivity index (χ4v) is 6.79. The Morgan fingerprint density at radius 1 is 1.00 bits per heavy atom. The van der Waals surface area contributed by atoms with Crippen LogP contribution in [0.5, 0.6) is 0 Å². The summed E-state index contributed by atoms with van der Waals surface area (Å²) >= 11 is 0. The summed E-state index contributed by atoms with van der Waals surface area (Å²) in [7, 11) is -4.10. The van der Waals surface area contributed by atoms with Crippen molar-refractivity contribution in [2.45, 2.75) is 109 Å². The molecule has 0 spiro atoms. The van der Waals surface area contributed by atoms with Gasteiger partial charge >= 0.3 is 0 Å². The number of nitrogens with zero attached hydrogens (tertiary/aromatic N) is 4. The SMILES string of the molecule is CC(C)(C)[Si](C)(C)OC[C@H]1O[C@@H](N2C=NC3=C(N)N=CN([Si](C)(C)C(C)(C)C)C32)[C@H](O)[C@@H]1O. The van der Waals surface area contributed by atoms with Crippen LogP contribution in [0.2, 0.25) is 36.3 Å². The lowest BCUT2D eigenvalue weighted by molar-refractivity contribution is -0.0818. The Morgan fingerprint density at radius 2 is 1.61 bits per heavy atom. The van der Waals surface area contributed by atoms with Gasteiger partial charge in [0.2, 0.25) is 0 Å². The normalized spacial score (nSPS) is 31.1. The minimum atomic E-state index is -2.08. The third-order valence-corrected chi connectivity index (χ3v) is 18.1. The maximum Gasteiger partial charge on any atom is 0.192 e. The highest BCUT2D eigenvalue weighted by molar-refractivity contribution is 6.79. The van der Waals surface area contributed by atoms with Gasteiger partial charge in [0.1, 0.15) is 30.2 Å². The zero-order valence-electron chi connectivity index (χ0n) is 21.8. The fraction of sp³-hybridized carbons (Fsp3) is 0.818. The van der Waals surface area contributed by atoms with Crippen molar-refractivity contribution in [1.82, 2.24) is 9.47 Å². The molecular formula is C22H43N5O4Si2. The maximum atomic E-state index is 11.0. The first-order valence-corrected chi connectivity index (χ1v) is 17.5. The molecule has 11 heteroatoms. The van der Waals surface area contributed by atoms with E-state index in [4.69, 9.17) is 14.9 Å². The van der Waals surface area contributed by atoms with Crippen LogP contribution >= 0.6 is 0 Å². The van der Waals surface area contributed by atoms with Gasteiger partial charge in [-0.15, -0.1) is 0 Å². The summed E-state index contributed by atoms with van der Waals surface area (Å²) in [6, 6.07) is 0. The van der Waals surface area contributed by atoms with Crippen molar-refractivity contribution >= 4 is 29.2 Å². The molecule has 188 valence electrons. The van der Waals surface area contributed by atoms with Gasteiger partial charge in [-0.25, -0.2) is 9.98 Å². The highest BCUT2D eigenvalue weighted by Crippen LogP contribution is 2.43. The third-order valence-electron chi connectivity index (χ3n) is 8.23. The molecule has 0 radical (unpaired) electrons. The van der Waals surface area contributed by atoms with Crippen LogP contribution in [0, 0.1) is 0 Å². The number of hydrogen-bond donors (Lipinski definition) is 3. The average molecular weight is 498 g/mol. The van der Waals surface area contributed by atoms with Gasteiger partial charge in [-0.05, 0) is 23.2 Å². The van der Waals surface area contributed by atoms with E-state index in [1.807, 2.05) is 4.90 Å². The molecule has 0 aromatic carbocycles. The first kappa shape index (κ1) is 26.4. The van der Waals surface area contributed by atoms with E-state index in [1.54, 1.807) is 12.7 Å². The van der Waals surface area contributed by atoms with E-state index < -0.39 is 41.1 Å². The molecule has 0 aliphatic carbocycles. The summed E-state index contributed by atoms with van der Waals surface area (Å²) in [6.07, 6.45) is -0.447. The molecule has 33 heavy (non-hydrogen) atoms. The molecule has 3 heterocycles. The first-order chi connectivity index (χ1) is 14.9. The van der Waals surface area contributed by atoms with Gasteiger partial charge < -0.3 is 34.6 Å². The second kappa shape index (κ2) is 8.45. The van der Waals surface area contributed by atoms with Gasteiger partial charge in [0, 0.05) is 0 Å². The second-order valence-electron chi connectivity index (χ2n) is 12.4. The Morgan fingerprint density at radius 3 is 2.15 bits per heavy atom. The van der Waals surface area contributed by atoms with Gasteiger partial charge in [0.05, 0.1) is 19.3 Å². The monoisotopic (exact) mass is 497 g/mol. The van der Waals surface area contributed by atoms with Crippen LogP contribution in [0.1, 0.15) is 41.5 Å². The standard InChI is InChI=1S/C22H43N5O4Si2/c1-21(2,3)32(7,8)27-13-25-18(23)15-19(27)26(12-24-15)20-17(29)16(28)14(31-20)11-30-33(9,10)22(4,5)6/h12-14,16-17,19-20,28-29H,11,23H2,1-10H3/t14-,16-,17-,19?,20-/m1/s1. The maximum absolute atomic E-state index is 11.0. The lowest BCUT2D eigenvalue weighted by Gasteiger charge is -2.51. The smallest absolute Gasteiger partial charge is 0.192 e. The molecule has 1 saturated heterocycles. The molecule has 5 atom stereocenters. The van der Waals surface area contributed by atoms with Crippen LogP contribution < -0.4 is 5.73 Å². The predicted octanol–water partition coefficient (Wildman–Crippen LogP) is 2.60. The van der Waals surface area contributed by atoms with Crippen molar-refractivity contribution in [2.75, 3.05) is 6.61 Å². The summed E-state index contributed by atoms with van der Waals surface area (Å²) in [6.45, 7) is 22.3. The van der Waals surface area contributed by atoms with Gasteiger partial charge in [-0.1, -0.05) is 54.6 Å². The summed E-state index contributed by atoms with van der Waals surface area (Å²) in [5, 5.41) is 21.9. The molecule has 0 aromatic heterocycles. The topological polar surface area (TPSA) is 116 Å². The van der Waals surface area contributed by atoms with E-state index in [2.05, 4.69) is 82.3 Å². The number of aliphatic hydroxyl groups is 2. The molecule has 0 amide bonds. The minimum absolute atomic E-state index is 0.0402. The molecule has 3 aliphatic heterocycles. The van der Waals surface area contributed by atoms with Crippen LogP contribution in [0.3, 0.4) is 0 Å². The Hall–Kier alpha value is -1.25. The van der Waals surface area contributed by atoms with Crippen molar-refractivity contribution in [3.63, 3.8) is 0 Å². The van der Waals surface area contributed by atoms with Crippen molar-refractivity contribution in [2.24, 2.45) is 15.7 Å². The van der Waals surface area contributed by atoms with E-state index in [-0.39, 0.29) is 22.8 Å². The number of nitrogens with two attached hydrogens (primary N) is 1. The van der Waals surface area contributed by atoms with Gasteiger partial charge in [-0.2, -0.15) is 0 Å². The average Bonchev–Trinajstić information content (AvgIpc) is 3.21. The number of rotatable bonds is 5. The van der Waals surface area contributed by atoms with E-state index in [0.717, 1.165) is 0 Å². The highest BCUT2D eigenvalue weighted by atomic mass is 28.4. The third kappa shape index (κ3) is 4.55. The van der Waals surface area contributed by atoms with Crippen molar-refractivity contribution < 1.29 is 19.4 Å². The fourth-order valence-electron chi connectivity index (χ4n) is 3.79. The summed E-state index contributed by atoms with van der Waals surface area (Å²) in [4.78, 5) is 10.8. The van der Waals surface area contributed by atoms with Gasteiger partial charge in [0.25, 0.3) is 0 Å². The Bertz CT molecular complexity index is 847. The zero-order chi connectivity index (χ0) is 25.1. The number of ether oxygens (including phenoxy) is 1. The van der Waals surface area contributed by atoms with Crippen molar-refractivity contribution in [1.29, 1.82) is 0 Å². The lowest BCUT2D eigenvalue weighted by atomic mass is 10.1. The highest BCUT2D eigenvalue weighted by Gasteiger charge is 2.54. The molecule has 3 rings (SSSR count). The van der Waals surface area contributed by atoms with Crippen LogP contribution in [0.15, 0.2) is 21.5 Å². The van der Waals surface area contributed by atoms with Crippen molar-refractivity contribution in [3.05, 3.63) is 11.5 Å². The van der Waals surface area contributed by atoms with Crippen LogP contribution in [0.25, 0.3) is 0 Å². The molecule has 1 unspecified atom stereocenters. The largest absolute Gasteiger partial charge is 0.414 e. The van der Waals surface area contributed by atoms with Crippen LogP contribution in [-0.4, -0.2) is 86.2 Å². The van der Waals surface area contributed by atoms with Crippen molar-refractivity contribution in [3.8, 4) is 0 Å². The lowest BCUT2D eigenvalue weighted by Crippen LogP contribution is -2.65. The molecule has 4 N–H and O–H groups in total. The minimum Gasteiger partial charge on any atom is -0.414 e. The summed E-state index contributed by atoms with van der Waals surface area (Å²) in [5.74, 6) is 0.361. The summed E-state index contributed by atoms with van der Waals surface area (Å²) in [5.41, 5.74) is 6.83. The molecule has 3 aliphatic rings.